The zero-order valence-corrected chi connectivity index (χ0v) is 13.1. The zero-order chi connectivity index (χ0) is 15.9. The molecule has 1 aromatic rings. The van der Waals surface area contributed by atoms with Crippen molar-refractivity contribution in [2.45, 2.75) is 26.7 Å². The van der Waals surface area contributed by atoms with Crippen molar-refractivity contribution in [1.82, 2.24) is 5.32 Å². The van der Waals surface area contributed by atoms with Gasteiger partial charge in [-0.1, -0.05) is 24.3 Å². The summed E-state index contributed by atoms with van der Waals surface area (Å²) in [5, 5.41) is 2.53. The standard InChI is InChI=1S/C17H23NO3/c1-17(2,16(20)21-4)12-11-14-7-5-13(6-8-14)9-10-15(19)18-3/h5-10H,11-12H2,1-4H3,(H,18,19)/b10-9+. The van der Waals surface area contributed by atoms with Crippen molar-refractivity contribution in [3.8, 4) is 0 Å². The highest BCUT2D eigenvalue weighted by molar-refractivity contribution is 5.91. The lowest BCUT2D eigenvalue weighted by atomic mass is 9.86. The number of hydrogen-bond donors (Lipinski definition) is 1. The minimum absolute atomic E-state index is 0.126. The molecule has 0 aromatic heterocycles. The summed E-state index contributed by atoms with van der Waals surface area (Å²) in [7, 11) is 3.01. The molecule has 1 N–H and O–H groups in total. The van der Waals surface area contributed by atoms with Crippen LogP contribution >= 0.6 is 0 Å². The number of hydrogen-bond acceptors (Lipinski definition) is 3. The van der Waals surface area contributed by atoms with Gasteiger partial charge in [-0.3, -0.25) is 9.59 Å². The molecule has 0 aliphatic heterocycles. The molecule has 0 fully saturated rings. The first-order valence-electron chi connectivity index (χ1n) is 6.96. The number of benzene rings is 1. The maximum atomic E-state index is 11.6. The van der Waals surface area contributed by atoms with Crippen LogP contribution in [-0.4, -0.2) is 26.0 Å². The average molecular weight is 289 g/mol. The van der Waals surface area contributed by atoms with Crippen molar-refractivity contribution in [3.63, 3.8) is 0 Å². The number of carbonyl (C=O) groups is 2. The molecule has 0 bridgehead atoms. The van der Waals surface area contributed by atoms with Gasteiger partial charge in [0.2, 0.25) is 5.91 Å². The van der Waals surface area contributed by atoms with E-state index >= 15 is 0 Å². The lowest BCUT2D eigenvalue weighted by Gasteiger charge is -2.21. The summed E-state index contributed by atoms with van der Waals surface area (Å²) >= 11 is 0. The molecular weight excluding hydrogens is 266 g/mol. The summed E-state index contributed by atoms with van der Waals surface area (Å²) < 4.78 is 4.80. The van der Waals surface area contributed by atoms with Gasteiger partial charge in [-0.25, -0.2) is 0 Å². The van der Waals surface area contributed by atoms with Gasteiger partial charge in [0.05, 0.1) is 12.5 Å². The van der Waals surface area contributed by atoms with Crippen molar-refractivity contribution in [2.24, 2.45) is 5.41 Å². The SMILES string of the molecule is CNC(=O)/C=C/c1ccc(CCC(C)(C)C(=O)OC)cc1. The molecule has 0 radical (unpaired) electrons. The molecule has 0 heterocycles. The maximum absolute atomic E-state index is 11.6. The Labute approximate surface area is 126 Å². The van der Waals surface area contributed by atoms with E-state index in [9.17, 15) is 9.59 Å². The number of methoxy groups -OCH3 is 1. The van der Waals surface area contributed by atoms with Crippen molar-refractivity contribution >= 4 is 18.0 Å². The third kappa shape index (κ3) is 5.42. The minimum Gasteiger partial charge on any atom is -0.469 e. The largest absolute Gasteiger partial charge is 0.469 e. The van der Waals surface area contributed by atoms with E-state index < -0.39 is 5.41 Å². The van der Waals surface area contributed by atoms with Crippen LogP contribution in [0.1, 0.15) is 31.4 Å². The van der Waals surface area contributed by atoms with Gasteiger partial charge >= 0.3 is 5.97 Å². The fraction of sp³-hybridized carbons (Fsp3) is 0.412. The molecule has 4 heteroatoms. The Morgan fingerprint density at radius 1 is 1.24 bits per heavy atom. The van der Waals surface area contributed by atoms with E-state index in [1.165, 1.54) is 13.2 Å². The molecule has 0 saturated carbocycles. The van der Waals surface area contributed by atoms with Crippen LogP contribution in [0.2, 0.25) is 0 Å². The number of amides is 1. The summed E-state index contributed by atoms with van der Waals surface area (Å²) in [5.74, 6) is -0.313. The number of esters is 1. The second-order valence-corrected chi connectivity index (χ2v) is 5.56. The smallest absolute Gasteiger partial charge is 0.311 e. The normalized spacial score (nSPS) is 11.4. The molecule has 0 aliphatic rings. The van der Waals surface area contributed by atoms with Gasteiger partial charge in [0.15, 0.2) is 0 Å². The van der Waals surface area contributed by atoms with E-state index in [-0.39, 0.29) is 11.9 Å². The Balaban J connectivity index is 2.61. The summed E-state index contributed by atoms with van der Waals surface area (Å²) in [6, 6.07) is 7.94. The van der Waals surface area contributed by atoms with Crippen LogP contribution in [0.4, 0.5) is 0 Å². The van der Waals surface area contributed by atoms with Gasteiger partial charge in [-0.15, -0.1) is 0 Å². The molecule has 0 unspecified atom stereocenters. The molecule has 0 saturated heterocycles. The van der Waals surface area contributed by atoms with Crippen LogP contribution < -0.4 is 5.32 Å². The van der Waals surface area contributed by atoms with Gasteiger partial charge in [0, 0.05) is 13.1 Å². The van der Waals surface area contributed by atoms with Crippen LogP contribution in [0.25, 0.3) is 6.08 Å². The molecular formula is C17H23NO3. The van der Waals surface area contributed by atoms with Crippen LogP contribution in [0, 0.1) is 5.41 Å². The first kappa shape index (κ1) is 17.0. The van der Waals surface area contributed by atoms with Gasteiger partial charge in [0.25, 0.3) is 0 Å². The summed E-state index contributed by atoms with van der Waals surface area (Å²) in [6.45, 7) is 3.78. The average Bonchev–Trinajstić information content (AvgIpc) is 2.50. The third-order valence-electron chi connectivity index (χ3n) is 3.43. The Morgan fingerprint density at radius 3 is 2.38 bits per heavy atom. The van der Waals surface area contributed by atoms with E-state index in [4.69, 9.17) is 4.74 Å². The molecule has 0 spiro atoms. The number of rotatable bonds is 6. The third-order valence-corrected chi connectivity index (χ3v) is 3.43. The van der Waals surface area contributed by atoms with Gasteiger partial charge in [-0.2, -0.15) is 0 Å². The van der Waals surface area contributed by atoms with Gasteiger partial charge in [-0.05, 0) is 43.9 Å². The molecule has 1 rings (SSSR count). The quantitative estimate of drug-likeness (QED) is 0.647. The first-order chi connectivity index (χ1) is 9.89. The summed E-state index contributed by atoms with van der Waals surface area (Å²) in [5.41, 5.74) is 1.64. The highest BCUT2D eigenvalue weighted by Gasteiger charge is 2.27. The lowest BCUT2D eigenvalue weighted by molar-refractivity contribution is -0.151. The predicted octanol–water partition coefficient (Wildman–Crippen LogP) is 2.58. The Morgan fingerprint density at radius 2 is 1.86 bits per heavy atom. The summed E-state index contributed by atoms with van der Waals surface area (Å²) in [6.07, 6.45) is 4.80. The molecule has 1 aromatic carbocycles. The topological polar surface area (TPSA) is 55.4 Å². The second-order valence-electron chi connectivity index (χ2n) is 5.56. The van der Waals surface area contributed by atoms with Crippen LogP contribution in [0.3, 0.4) is 0 Å². The Bertz CT molecular complexity index is 515. The van der Waals surface area contributed by atoms with Gasteiger partial charge < -0.3 is 10.1 Å². The lowest BCUT2D eigenvalue weighted by Crippen LogP contribution is -2.26. The number of aryl methyl sites for hydroxylation is 1. The van der Waals surface area contributed by atoms with Crippen molar-refractivity contribution in [2.75, 3.05) is 14.2 Å². The van der Waals surface area contributed by atoms with Crippen LogP contribution in [0.5, 0.6) is 0 Å². The van der Waals surface area contributed by atoms with Crippen LogP contribution in [-0.2, 0) is 20.7 Å². The fourth-order valence-corrected chi connectivity index (χ4v) is 1.89. The molecule has 4 nitrogen and oxygen atoms in total. The molecule has 0 atom stereocenters. The van der Waals surface area contributed by atoms with E-state index in [2.05, 4.69) is 5.32 Å². The Hall–Kier alpha value is -2.10. The highest BCUT2D eigenvalue weighted by Crippen LogP contribution is 2.24. The predicted molar refractivity (Wildman–Crippen MR) is 83.7 cm³/mol. The van der Waals surface area contributed by atoms with E-state index in [1.54, 1.807) is 13.1 Å². The van der Waals surface area contributed by atoms with Crippen molar-refractivity contribution in [3.05, 3.63) is 41.5 Å². The maximum Gasteiger partial charge on any atom is 0.311 e. The second kappa shape index (κ2) is 7.62. The fourth-order valence-electron chi connectivity index (χ4n) is 1.89. The molecule has 21 heavy (non-hydrogen) atoms. The first-order valence-corrected chi connectivity index (χ1v) is 6.96. The number of nitrogens with one attached hydrogen (secondary N) is 1. The summed E-state index contributed by atoms with van der Waals surface area (Å²) in [4.78, 5) is 22.7. The minimum atomic E-state index is -0.480. The highest BCUT2D eigenvalue weighted by atomic mass is 16.5. The van der Waals surface area contributed by atoms with Gasteiger partial charge in [0.1, 0.15) is 0 Å². The van der Waals surface area contributed by atoms with E-state index in [0.29, 0.717) is 0 Å². The monoisotopic (exact) mass is 289 g/mol. The van der Waals surface area contributed by atoms with Crippen molar-refractivity contribution in [1.29, 1.82) is 0 Å². The van der Waals surface area contributed by atoms with Crippen molar-refractivity contribution < 1.29 is 14.3 Å². The number of ether oxygens (including phenoxy) is 1. The molecule has 0 aliphatic carbocycles. The molecule has 114 valence electrons. The number of likely N-dealkylation sites (N-methyl/N-ethyl adjacent to an activating group) is 1. The number of carbonyl (C=O) groups excluding carboxylic acids is 2. The van der Waals surface area contributed by atoms with E-state index in [0.717, 1.165) is 24.0 Å². The molecule has 1 amide bonds. The Kier molecular flexibility index (Phi) is 6.15. The zero-order valence-electron chi connectivity index (χ0n) is 13.1. The van der Waals surface area contributed by atoms with E-state index in [1.807, 2.05) is 38.1 Å². The van der Waals surface area contributed by atoms with Crippen LogP contribution in [0.15, 0.2) is 30.3 Å².